The molecule has 0 radical (unpaired) electrons. The number of hydrogen-bond acceptors (Lipinski definition) is 4. The zero-order valence-electron chi connectivity index (χ0n) is 13.1. The number of rotatable bonds is 6. The first-order valence-electron chi connectivity index (χ1n) is 8.00. The first kappa shape index (κ1) is 15.1. The lowest BCUT2D eigenvalue weighted by molar-refractivity contribution is 0.274. The Labute approximate surface area is 122 Å². The van der Waals surface area contributed by atoms with Gasteiger partial charge in [-0.3, -0.25) is 0 Å². The number of aryl methyl sites for hydroxylation is 1. The first-order chi connectivity index (χ1) is 9.69. The third-order valence-electron chi connectivity index (χ3n) is 4.20. The van der Waals surface area contributed by atoms with Crippen LogP contribution in [0.1, 0.15) is 51.5 Å². The normalized spacial score (nSPS) is 22.6. The minimum atomic E-state index is 0.715. The molecule has 0 saturated heterocycles. The number of nitrogens with zero attached hydrogens (tertiary/aromatic N) is 2. The summed E-state index contributed by atoms with van der Waals surface area (Å²) in [6.45, 7) is 8.36. The second kappa shape index (κ2) is 7.46. The van der Waals surface area contributed by atoms with E-state index in [0.717, 1.165) is 36.3 Å². The van der Waals surface area contributed by atoms with Crippen molar-refractivity contribution in [1.29, 1.82) is 0 Å². The minimum absolute atomic E-state index is 0.715. The summed E-state index contributed by atoms with van der Waals surface area (Å²) >= 11 is 0. The van der Waals surface area contributed by atoms with Crippen molar-refractivity contribution < 1.29 is 0 Å². The molecule has 2 N–H and O–H groups in total. The van der Waals surface area contributed by atoms with E-state index >= 15 is 0 Å². The lowest BCUT2D eigenvalue weighted by Crippen LogP contribution is -2.17. The lowest BCUT2D eigenvalue weighted by atomic mass is 9.81. The molecule has 0 aliphatic heterocycles. The van der Waals surface area contributed by atoms with Crippen LogP contribution in [0, 0.1) is 18.8 Å². The molecule has 112 valence electrons. The van der Waals surface area contributed by atoms with Gasteiger partial charge < -0.3 is 10.6 Å². The van der Waals surface area contributed by atoms with Crippen molar-refractivity contribution >= 4 is 11.8 Å². The van der Waals surface area contributed by atoms with Crippen LogP contribution in [-0.4, -0.2) is 23.1 Å². The third kappa shape index (κ3) is 4.36. The molecule has 20 heavy (non-hydrogen) atoms. The molecular weight excluding hydrogens is 248 g/mol. The zero-order valence-corrected chi connectivity index (χ0v) is 13.1. The number of hydrogen-bond donors (Lipinski definition) is 2. The zero-order chi connectivity index (χ0) is 14.4. The van der Waals surface area contributed by atoms with Gasteiger partial charge in [-0.2, -0.15) is 4.98 Å². The lowest BCUT2D eigenvalue weighted by Gasteiger charge is -2.26. The Hall–Kier alpha value is -1.32. The van der Waals surface area contributed by atoms with Crippen molar-refractivity contribution in [2.24, 2.45) is 11.8 Å². The van der Waals surface area contributed by atoms with Crippen LogP contribution in [0.25, 0.3) is 0 Å². The third-order valence-corrected chi connectivity index (χ3v) is 4.20. The highest BCUT2D eigenvalue weighted by atomic mass is 15.1. The Morgan fingerprint density at radius 1 is 1.30 bits per heavy atom. The van der Waals surface area contributed by atoms with Crippen LogP contribution in [0.15, 0.2) is 6.20 Å². The summed E-state index contributed by atoms with van der Waals surface area (Å²) in [7, 11) is 0. The molecule has 1 fully saturated rings. The molecule has 1 aromatic heterocycles. The Morgan fingerprint density at radius 3 is 2.90 bits per heavy atom. The Kier molecular flexibility index (Phi) is 5.62. The van der Waals surface area contributed by atoms with Crippen LogP contribution in [-0.2, 0) is 0 Å². The van der Waals surface area contributed by atoms with E-state index in [4.69, 9.17) is 0 Å². The van der Waals surface area contributed by atoms with Gasteiger partial charge in [0.25, 0.3) is 0 Å². The Morgan fingerprint density at radius 2 is 2.15 bits per heavy atom. The molecule has 2 atom stereocenters. The monoisotopic (exact) mass is 276 g/mol. The minimum Gasteiger partial charge on any atom is -0.370 e. The van der Waals surface area contributed by atoms with Gasteiger partial charge >= 0.3 is 0 Å². The van der Waals surface area contributed by atoms with Gasteiger partial charge in [0.2, 0.25) is 5.95 Å². The molecule has 1 aliphatic carbocycles. The molecule has 4 heteroatoms. The maximum absolute atomic E-state index is 4.53. The molecule has 0 bridgehead atoms. The van der Waals surface area contributed by atoms with Crippen molar-refractivity contribution in [1.82, 2.24) is 9.97 Å². The van der Waals surface area contributed by atoms with Gasteiger partial charge in [-0.25, -0.2) is 4.98 Å². The molecule has 2 unspecified atom stereocenters. The highest BCUT2D eigenvalue weighted by Gasteiger charge is 2.18. The van der Waals surface area contributed by atoms with E-state index in [-0.39, 0.29) is 0 Å². The fraction of sp³-hybridized carbons (Fsp3) is 0.750. The summed E-state index contributed by atoms with van der Waals surface area (Å²) < 4.78 is 0. The molecule has 1 aliphatic rings. The van der Waals surface area contributed by atoms with E-state index < -0.39 is 0 Å². The SMILES string of the molecule is CCNc1ncc(C)c(NCCC2CCCC(C)C2)n1. The maximum Gasteiger partial charge on any atom is 0.224 e. The molecule has 0 aromatic carbocycles. The van der Waals surface area contributed by atoms with Crippen LogP contribution >= 0.6 is 0 Å². The standard InChI is InChI=1S/C16H28N4/c1-4-17-16-19-11-13(3)15(20-16)18-9-8-14-7-5-6-12(2)10-14/h11-12,14H,4-10H2,1-3H3,(H2,17,18,19,20). The van der Waals surface area contributed by atoms with Gasteiger partial charge in [0.15, 0.2) is 0 Å². The second-order valence-corrected chi connectivity index (χ2v) is 6.11. The Bertz CT molecular complexity index is 419. The maximum atomic E-state index is 4.53. The van der Waals surface area contributed by atoms with Crippen LogP contribution < -0.4 is 10.6 Å². The quantitative estimate of drug-likeness (QED) is 0.828. The summed E-state index contributed by atoms with van der Waals surface area (Å²) in [5.41, 5.74) is 1.11. The van der Waals surface area contributed by atoms with E-state index in [1.165, 1.54) is 32.1 Å². The van der Waals surface area contributed by atoms with Gasteiger partial charge in [-0.15, -0.1) is 0 Å². The average molecular weight is 276 g/mol. The topological polar surface area (TPSA) is 49.8 Å². The fourth-order valence-corrected chi connectivity index (χ4v) is 3.08. The predicted molar refractivity (Wildman–Crippen MR) is 85.2 cm³/mol. The second-order valence-electron chi connectivity index (χ2n) is 6.11. The van der Waals surface area contributed by atoms with Crippen molar-refractivity contribution in [2.75, 3.05) is 23.7 Å². The van der Waals surface area contributed by atoms with Gasteiger partial charge in [0.05, 0.1) is 0 Å². The van der Waals surface area contributed by atoms with Crippen molar-refractivity contribution in [3.8, 4) is 0 Å². The molecule has 0 spiro atoms. The van der Waals surface area contributed by atoms with Gasteiger partial charge in [-0.1, -0.05) is 26.2 Å². The number of aromatic nitrogens is 2. The molecular formula is C16H28N4. The fourth-order valence-electron chi connectivity index (χ4n) is 3.08. The smallest absolute Gasteiger partial charge is 0.224 e. The van der Waals surface area contributed by atoms with Crippen LogP contribution in [0.3, 0.4) is 0 Å². The predicted octanol–water partition coefficient (Wildman–Crippen LogP) is 3.85. The van der Waals surface area contributed by atoms with Crippen LogP contribution in [0.2, 0.25) is 0 Å². The molecule has 1 saturated carbocycles. The van der Waals surface area contributed by atoms with Crippen LogP contribution in [0.5, 0.6) is 0 Å². The number of anilines is 2. The Balaban J connectivity index is 1.82. The van der Waals surface area contributed by atoms with Gasteiger partial charge in [0.1, 0.15) is 5.82 Å². The van der Waals surface area contributed by atoms with Crippen LogP contribution in [0.4, 0.5) is 11.8 Å². The van der Waals surface area contributed by atoms with Crippen molar-refractivity contribution in [3.63, 3.8) is 0 Å². The summed E-state index contributed by atoms with van der Waals surface area (Å²) in [4.78, 5) is 8.80. The molecule has 4 nitrogen and oxygen atoms in total. The largest absolute Gasteiger partial charge is 0.370 e. The van der Waals surface area contributed by atoms with Gasteiger partial charge in [-0.05, 0) is 38.5 Å². The average Bonchev–Trinajstić information content (AvgIpc) is 2.43. The molecule has 2 rings (SSSR count). The van der Waals surface area contributed by atoms with Gasteiger partial charge in [0, 0.05) is 24.8 Å². The molecule has 1 aromatic rings. The highest BCUT2D eigenvalue weighted by molar-refractivity contribution is 5.46. The number of nitrogens with one attached hydrogen (secondary N) is 2. The summed E-state index contributed by atoms with van der Waals surface area (Å²) in [6.07, 6.45) is 8.76. The van der Waals surface area contributed by atoms with E-state index in [2.05, 4.69) is 41.4 Å². The summed E-state index contributed by atoms with van der Waals surface area (Å²) in [6, 6.07) is 0. The summed E-state index contributed by atoms with van der Waals surface area (Å²) in [5.74, 6) is 3.49. The van der Waals surface area contributed by atoms with Crippen molar-refractivity contribution in [2.45, 2.75) is 52.9 Å². The first-order valence-corrected chi connectivity index (χ1v) is 8.00. The van der Waals surface area contributed by atoms with E-state index in [9.17, 15) is 0 Å². The van der Waals surface area contributed by atoms with E-state index in [0.29, 0.717) is 5.95 Å². The summed E-state index contributed by atoms with van der Waals surface area (Å²) in [5, 5.41) is 6.64. The molecule has 1 heterocycles. The van der Waals surface area contributed by atoms with E-state index in [1.807, 2.05) is 6.20 Å². The highest BCUT2D eigenvalue weighted by Crippen LogP contribution is 2.30. The van der Waals surface area contributed by atoms with Crippen molar-refractivity contribution in [3.05, 3.63) is 11.8 Å². The molecule has 0 amide bonds. The van der Waals surface area contributed by atoms with E-state index in [1.54, 1.807) is 0 Å².